The largest absolute Gasteiger partial charge is 0.386 e. The van der Waals surface area contributed by atoms with Crippen LogP contribution in [0.2, 0.25) is 0 Å². The second kappa shape index (κ2) is 9.98. The molecule has 1 aliphatic carbocycles. The number of aromatic nitrogens is 1. The standard InChI is InChI=1S/C27H34N4O2/c1-19-17-33-18-20(2)31(19)14-7-3-4-10-22-11-8-13-25(32)27(22,26(28)29)23-15-21-9-5-6-12-24(21)30-16-23/h5-6,8-9,11-13,15-16,19-20H,3-4,7,10,14,17-18H2,1-2H3,(H3,28,29). The van der Waals surface area contributed by atoms with Gasteiger partial charge in [0.05, 0.1) is 18.7 Å². The molecular weight excluding hydrogens is 412 g/mol. The number of hydrogen-bond donors (Lipinski definition) is 2. The van der Waals surface area contributed by atoms with Gasteiger partial charge in [-0.2, -0.15) is 0 Å². The molecule has 6 nitrogen and oxygen atoms in total. The Morgan fingerprint density at radius 1 is 1.21 bits per heavy atom. The number of fused-ring (bicyclic) bond motifs is 1. The van der Waals surface area contributed by atoms with E-state index in [0.717, 1.165) is 61.9 Å². The van der Waals surface area contributed by atoms with Crippen molar-refractivity contribution in [3.63, 3.8) is 0 Å². The minimum Gasteiger partial charge on any atom is -0.386 e. The van der Waals surface area contributed by atoms with Crippen LogP contribution in [0.5, 0.6) is 0 Å². The third-order valence-electron chi connectivity index (χ3n) is 7.04. The molecule has 33 heavy (non-hydrogen) atoms. The number of carbonyl (C=O) groups excluding carboxylic acids is 1. The number of nitrogens with zero attached hydrogens (tertiary/aromatic N) is 2. The number of nitrogens with one attached hydrogen (secondary N) is 1. The Morgan fingerprint density at radius 3 is 2.73 bits per heavy atom. The Hall–Kier alpha value is -2.83. The molecule has 1 aromatic heterocycles. The number of rotatable bonds is 8. The fraction of sp³-hybridized carbons (Fsp3) is 0.444. The number of para-hydroxylation sites is 1. The molecule has 1 aromatic carbocycles. The van der Waals surface area contributed by atoms with Crippen molar-refractivity contribution >= 4 is 22.5 Å². The minimum absolute atomic E-state index is 0.142. The monoisotopic (exact) mass is 446 g/mol. The molecule has 2 heterocycles. The highest BCUT2D eigenvalue weighted by Crippen LogP contribution is 2.39. The fourth-order valence-corrected chi connectivity index (χ4v) is 5.26. The van der Waals surface area contributed by atoms with Crippen LogP contribution in [-0.2, 0) is 14.9 Å². The summed E-state index contributed by atoms with van der Waals surface area (Å²) >= 11 is 0. The van der Waals surface area contributed by atoms with Crippen LogP contribution in [0.4, 0.5) is 0 Å². The van der Waals surface area contributed by atoms with Gasteiger partial charge in [0.15, 0.2) is 5.78 Å². The van der Waals surface area contributed by atoms with Gasteiger partial charge in [-0.1, -0.05) is 36.8 Å². The van der Waals surface area contributed by atoms with Crippen molar-refractivity contribution in [2.24, 2.45) is 5.73 Å². The molecule has 0 saturated carbocycles. The second-order valence-electron chi connectivity index (χ2n) is 9.28. The smallest absolute Gasteiger partial charge is 0.177 e. The van der Waals surface area contributed by atoms with E-state index < -0.39 is 5.41 Å². The lowest BCUT2D eigenvalue weighted by molar-refractivity contribution is -0.117. The molecule has 3 unspecified atom stereocenters. The zero-order chi connectivity index (χ0) is 23.4. The summed E-state index contributed by atoms with van der Waals surface area (Å²) in [6.07, 6.45) is 10.8. The van der Waals surface area contributed by atoms with Crippen molar-refractivity contribution in [2.75, 3.05) is 19.8 Å². The van der Waals surface area contributed by atoms with E-state index in [4.69, 9.17) is 15.9 Å². The van der Waals surface area contributed by atoms with Crippen LogP contribution in [0.3, 0.4) is 0 Å². The van der Waals surface area contributed by atoms with Gasteiger partial charge in [-0.05, 0) is 69.0 Å². The quantitative estimate of drug-likeness (QED) is 0.361. The topological polar surface area (TPSA) is 92.3 Å². The maximum atomic E-state index is 13.3. The maximum Gasteiger partial charge on any atom is 0.177 e. The molecule has 0 radical (unpaired) electrons. The number of ketones is 1. The molecule has 0 bridgehead atoms. The van der Waals surface area contributed by atoms with Crippen molar-refractivity contribution in [3.8, 4) is 0 Å². The van der Waals surface area contributed by atoms with E-state index in [2.05, 4.69) is 23.7 Å². The third-order valence-corrected chi connectivity index (χ3v) is 7.04. The first-order valence-electron chi connectivity index (χ1n) is 11.9. The first-order valence-corrected chi connectivity index (χ1v) is 11.9. The lowest BCUT2D eigenvalue weighted by Crippen LogP contribution is -2.49. The normalized spacial score (nSPS) is 25.9. The van der Waals surface area contributed by atoms with E-state index in [1.54, 1.807) is 12.3 Å². The van der Waals surface area contributed by atoms with E-state index in [-0.39, 0.29) is 11.6 Å². The summed E-state index contributed by atoms with van der Waals surface area (Å²) in [5, 5.41) is 9.41. The van der Waals surface area contributed by atoms with Crippen LogP contribution in [-0.4, -0.2) is 53.3 Å². The van der Waals surface area contributed by atoms with Crippen molar-refractivity contribution < 1.29 is 9.53 Å². The van der Waals surface area contributed by atoms with Gasteiger partial charge in [0, 0.05) is 23.7 Å². The van der Waals surface area contributed by atoms with Gasteiger partial charge in [0.2, 0.25) is 0 Å². The molecule has 0 spiro atoms. The maximum absolute atomic E-state index is 13.3. The van der Waals surface area contributed by atoms with Crippen LogP contribution >= 0.6 is 0 Å². The molecule has 2 aliphatic rings. The van der Waals surface area contributed by atoms with Crippen molar-refractivity contribution in [3.05, 3.63) is 65.9 Å². The van der Waals surface area contributed by atoms with E-state index in [0.29, 0.717) is 17.6 Å². The first kappa shape index (κ1) is 23.3. The second-order valence-corrected chi connectivity index (χ2v) is 9.28. The summed E-state index contributed by atoms with van der Waals surface area (Å²) < 4.78 is 5.63. The molecule has 3 N–H and O–H groups in total. The predicted molar refractivity (Wildman–Crippen MR) is 132 cm³/mol. The van der Waals surface area contributed by atoms with E-state index >= 15 is 0 Å². The van der Waals surface area contributed by atoms with E-state index in [9.17, 15) is 4.79 Å². The highest BCUT2D eigenvalue weighted by molar-refractivity contribution is 6.20. The molecule has 0 amide bonds. The Labute approximate surface area is 196 Å². The number of hydrogen-bond acceptors (Lipinski definition) is 5. The van der Waals surface area contributed by atoms with Gasteiger partial charge >= 0.3 is 0 Å². The average molecular weight is 447 g/mol. The van der Waals surface area contributed by atoms with Gasteiger partial charge in [-0.15, -0.1) is 0 Å². The zero-order valence-electron chi connectivity index (χ0n) is 19.6. The Kier molecular flexibility index (Phi) is 7.05. The number of allylic oxidation sites excluding steroid dienone is 3. The molecule has 1 saturated heterocycles. The highest BCUT2D eigenvalue weighted by atomic mass is 16.5. The number of unbranched alkanes of at least 4 members (excludes halogenated alkanes) is 2. The predicted octanol–water partition coefficient (Wildman–Crippen LogP) is 4.14. The summed E-state index contributed by atoms with van der Waals surface area (Å²) in [5.74, 6) is -0.309. The summed E-state index contributed by atoms with van der Waals surface area (Å²) in [7, 11) is 0. The lowest BCUT2D eigenvalue weighted by Gasteiger charge is -2.38. The van der Waals surface area contributed by atoms with E-state index in [1.807, 2.05) is 36.4 Å². The van der Waals surface area contributed by atoms with Crippen molar-refractivity contribution in [1.29, 1.82) is 5.41 Å². The highest BCUT2D eigenvalue weighted by Gasteiger charge is 2.46. The third kappa shape index (κ3) is 4.50. The van der Waals surface area contributed by atoms with Gasteiger partial charge in [-0.25, -0.2) is 0 Å². The number of amidine groups is 1. The SMILES string of the molecule is CC1COCC(C)N1CCCCCC1=CC=CC(=O)C1(C(=N)N)c1cnc2ccccc2c1. The molecular formula is C27H34N4O2. The summed E-state index contributed by atoms with van der Waals surface area (Å²) in [5.41, 5.74) is 7.31. The van der Waals surface area contributed by atoms with Crippen LogP contribution < -0.4 is 5.73 Å². The zero-order valence-corrected chi connectivity index (χ0v) is 19.6. The number of carbonyl (C=O) groups is 1. The van der Waals surface area contributed by atoms with Gasteiger partial charge in [0.25, 0.3) is 0 Å². The summed E-state index contributed by atoms with van der Waals surface area (Å²) in [6, 6.07) is 10.6. The number of benzene rings is 1. The molecule has 4 rings (SSSR count). The summed E-state index contributed by atoms with van der Waals surface area (Å²) in [6.45, 7) is 7.09. The Bertz CT molecular complexity index is 1080. The lowest BCUT2D eigenvalue weighted by atomic mass is 9.66. The Balaban J connectivity index is 1.49. The molecule has 174 valence electrons. The van der Waals surface area contributed by atoms with Crippen LogP contribution in [0, 0.1) is 5.41 Å². The number of morpholine rings is 1. The van der Waals surface area contributed by atoms with Gasteiger partial charge in [0.1, 0.15) is 11.3 Å². The van der Waals surface area contributed by atoms with Gasteiger partial charge < -0.3 is 10.5 Å². The van der Waals surface area contributed by atoms with Crippen LogP contribution in [0.25, 0.3) is 10.9 Å². The number of pyridine rings is 1. The van der Waals surface area contributed by atoms with Gasteiger partial charge in [-0.3, -0.25) is 20.1 Å². The molecule has 3 atom stereocenters. The summed E-state index contributed by atoms with van der Waals surface area (Å²) in [4.78, 5) is 20.4. The van der Waals surface area contributed by atoms with E-state index in [1.165, 1.54) is 6.08 Å². The molecule has 1 fully saturated rings. The van der Waals surface area contributed by atoms with Crippen LogP contribution in [0.1, 0.15) is 45.1 Å². The number of ether oxygens (including phenoxy) is 1. The minimum atomic E-state index is -1.26. The molecule has 2 aromatic rings. The van der Waals surface area contributed by atoms with Crippen molar-refractivity contribution in [1.82, 2.24) is 9.88 Å². The molecule has 6 heteroatoms. The average Bonchev–Trinajstić information content (AvgIpc) is 2.80. The van der Waals surface area contributed by atoms with Crippen LogP contribution in [0.15, 0.2) is 60.3 Å². The van der Waals surface area contributed by atoms with Crippen molar-refractivity contribution in [2.45, 2.75) is 57.0 Å². The Morgan fingerprint density at radius 2 is 1.97 bits per heavy atom. The fourth-order valence-electron chi connectivity index (χ4n) is 5.26. The number of nitrogens with two attached hydrogens (primary N) is 1. The molecule has 1 aliphatic heterocycles. The first-order chi connectivity index (χ1) is 15.9.